The highest BCUT2D eigenvalue weighted by Crippen LogP contribution is 2.26. The number of nitrogens with zero attached hydrogens (tertiary/aromatic N) is 5. The number of aryl methyl sites for hydroxylation is 4. The molecule has 1 saturated heterocycles. The molecule has 1 aliphatic heterocycles. The fourth-order valence-corrected chi connectivity index (χ4v) is 3.12. The van der Waals surface area contributed by atoms with Crippen molar-refractivity contribution >= 4 is 5.91 Å². The molecule has 124 valence electrons. The number of likely N-dealkylation sites (tertiary alicyclic amines) is 1. The summed E-state index contributed by atoms with van der Waals surface area (Å²) in [5.41, 5.74) is 1.02. The van der Waals surface area contributed by atoms with E-state index in [0.29, 0.717) is 30.5 Å². The van der Waals surface area contributed by atoms with Crippen LogP contribution in [0.15, 0.2) is 10.7 Å². The van der Waals surface area contributed by atoms with Crippen molar-refractivity contribution in [2.24, 2.45) is 7.05 Å². The lowest BCUT2D eigenvalue weighted by atomic mass is 10.1. The lowest BCUT2D eigenvalue weighted by Crippen LogP contribution is -2.28. The topological polar surface area (TPSA) is 77.0 Å². The first kappa shape index (κ1) is 15.7. The Kier molecular flexibility index (Phi) is 4.45. The van der Waals surface area contributed by atoms with E-state index in [2.05, 4.69) is 19.7 Å². The van der Waals surface area contributed by atoms with Crippen molar-refractivity contribution in [2.45, 2.75) is 45.4 Å². The monoisotopic (exact) mass is 317 g/mol. The minimum absolute atomic E-state index is 0.148. The Labute approximate surface area is 135 Å². The number of amides is 1. The fraction of sp³-hybridized carbons (Fsp3) is 0.625. The van der Waals surface area contributed by atoms with Crippen LogP contribution in [0.4, 0.5) is 0 Å². The van der Waals surface area contributed by atoms with Gasteiger partial charge in [0.1, 0.15) is 5.82 Å². The van der Waals surface area contributed by atoms with E-state index in [0.717, 1.165) is 37.4 Å². The molecule has 0 saturated carbocycles. The van der Waals surface area contributed by atoms with Gasteiger partial charge in [-0.2, -0.15) is 4.98 Å². The molecule has 0 bridgehead atoms. The first-order valence-electron chi connectivity index (χ1n) is 8.16. The summed E-state index contributed by atoms with van der Waals surface area (Å²) in [6.07, 6.45) is 4.66. The van der Waals surface area contributed by atoms with Crippen molar-refractivity contribution in [3.63, 3.8) is 0 Å². The van der Waals surface area contributed by atoms with Gasteiger partial charge >= 0.3 is 0 Å². The highest BCUT2D eigenvalue weighted by molar-refractivity contribution is 5.76. The molecule has 1 atom stereocenters. The van der Waals surface area contributed by atoms with Gasteiger partial charge in [0.05, 0.1) is 5.69 Å². The third-order valence-corrected chi connectivity index (χ3v) is 4.32. The quantitative estimate of drug-likeness (QED) is 0.837. The molecule has 7 heteroatoms. The van der Waals surface area contributed by atoms with Crippen LogP contribution >= 0.6 is 0 Å². The standard InChI is InChI=1S/C16H23N5O2/c1-4-13-18-14(23-19-13)5-6-15(22)21-8-7-12(10-21)16-17-11(2)9-20(16)3/h9,12H,4-8,10H2,1-3H3/t12-/m0/s1. The van der Waals surface area contributed by atoms with E-state index < -0.39 is 0 Å². The molecule has 1 fully saturated rings. The third kappa shape index (κ3) is 3.43. The molecule has 2 aromatic heterocycles. The summed E-state index contributed by atoms with van der Waals surface area (Å²) in [5.74, 6) is 2.79. The van der Waals surface area contributed by atoms with E-state index >= 15 is 0 Å². The van der Waals surface area contributed by atoms with Crippen LogP contribution in [0.2, 0.25) is 0 Å². The molecule has 23 heavy (non-hydrogen) atoms. The Morgan fingerprint density at radius 1 is 1.43 bits per heavy atom. The van der Waals surface area contributed by atoms with Crippen LogP contribution in [0.25, 0.3) is 0 Å². The van der Waals surface area contributed by atoms with Gasteiger partial charge in [-0.1, -0.05) is 12.1 Å². The largest absolute Gasteiger partial charge is 0.342 e. The molecular weight excluding hydrogens is 294 g/mol. The minimum Gasteiger partial charge on any atom is -0.342 e. The average Bonchev–Trinajstić information content (AvgIpc) is 3.24. The lowest BCUT2D eigenvalue weighted by molar-refractivity contribution is -0.130. The maximum Gasteiger partial charge on any atom is 0.227 e. The second-order valence-electron chi connectivity index (χ2n) is 6.13. The van der Waals surface area contributed by atoms with Gasteiger partial charge in [-0.05, 0) is 13.3 Å². The van der Waals surface area contributed by atoms with Crippen LogP contribution < -0.4 is 0 Å². The molecule has 0 unspecified atom stereocenters. The maximum atomic E-state index is 12.4. The molecule has 0 aliphatic carbocycles. The highest BCUT2D eigenvalue weighted by Gasteiger charge is 2.29. The van der Waals surface area contributed by atoms with Crippen molar-refractivity contribution in [3.8, 4) is 0 Å². The molecule has 3 heterocycles. The number of carbonyl (C=O) groups excluding carboxylic acids is 1. The number of hydrogen-bond acceptors (Lipinski definition) is 5. The van der Waals surface area contributed by atoms with Gasteiger partial charge in [-0.3, -0.25) is 4.79 Å². The molecule has 7 nitrogen and oxygen atoms in total. The Bertz CT molecular complexity index is 690. The molecular formula is C16H23N5O2. The smallest absolute Gasteiger partial charge is 0.227 e. The third-order valence-electron chi connectivity index (χ3n) is 4.32. The summed E-state index contributed by atoms with van der Waals surface area (Å²) in [4.78, 5) is 23.1. The van der Waals surface area contributed by atoms with Crippen molar-refractivity contribution < 1.29 is 9.32 Å². The van der Waals surface area contributed by atoms with Gasteiger partial charge in [0, 0.05) is 51.5 Å². The fourth-order valence-electron chi connectivity index (χ4n) is 3.12. The molecule has 2 aromatic rings. The van der Waals surface area contributed by atoms with Gasteiger partial charge in [-0.15, -0.1) is 0 Å². The van der Waals surface area contributed by atoms with Crippen LogP contribution in [0.1, 0.15) is 48.9 Å². The maximum absolute atomic E-state index is 12.4. The summed E-state index contributed by atoms with van der Waals surface area (Å²) < 4.78 is 7.20. The Hall–Kier alpha value is -2.18. The number of hydrogen-bond donors (Lipinski definition) is 0. The molecule has 0 spiro atoms. The van der Waals surface area contributed by atoms with Crippen LogP contribution in [0.5, 0.6) is 0 Å². The number of rotatable bonds is 5. The van der Waals surface area contributed by atoms with Crippen molar-refractivity contribution in [1.82, 2.24) is 24.6 Å². The van der Waals surface area contributed by atoms with E-state index in [9.17, 15) is 4.79 Å². The average molecular weight is 317 g/mol. The van der Waals surface area contributed by atoms with Crippen molar-refractivity contribution in [2.75, 3.05) is 13.1 Å². The predicted molar refractivity (Wildman–Crippen MR) is 83.9 cm³/mol. The van der Waals surface area contributed by atoms with Gasteiger partial charge in [0.2, 0.25) is 11.8 Å². The van der Waals surface area contributed by atoms with Gasteiger partial charge in [0.15, 0.2) is 5.82 Å². The molecule has 1 amide bonds. The Morgan fingerprint density at radius 2 is 2.26 bits per heavy atom. The molecule has 0 aromatic carbocycles. The van der Waals surface area contributed by atoms with Gasteiger partial charge in [0.25, 0.3) is 0 Å². The normalized spacial score (nSPS) is 17.9. The summed E-state index contributed by atoms with van der Waals surface area (Å²) in [7, 11) is 2.01. The van der Waals surface area contributed by atoms with Gasteiger partial charge in [-0.25, -0.2) is 4.98 Å². The van der Waals surface area contributed by atoms with Crippen LogP contribution in [-0.2, 0) is 24.7 Å². The molecule has 0 N–H and O–H groups in total. The van der Waals surface area contributed by atoms with Crippen molar-refractivity contribution in [1.29, 1.82) is 0 Å². The second-order valence-corrected chi connectivity index (χ2v) is 6.13. The molecule has 0 radical (unpaired) electrons. The van der Waals surface area contributed by atoms with E-state index in [1.54, 1.807) is 0 Å². The number of carbonyl (C=O) groups is 1. The van der Waals surface area contributed by atoms with E-state index in [1.807, 2.05) is 32.0 Å². The summed E-state index contributed by atoms with van der Waals surface area (Å²) in [6, 6.07) is 0. The first-order chi connectivity index (χ1) is 11.1. The number of aromatic nitrogens is 4. The van der Waals surface area contributed by atoms with E-state index in [1.165, 1.54) is 0 Å². The minimum atomic E-state index is 0.148. The Morgan fingerprint density at radius 3 is 2.91 bits per heavy atom. The second kappa shape index (κ2) is 6.52. The zero-order valence-corrected chi connectivity index (χ0v) is 13.9. The lowest BCUT2D eigenvalue weighted by Gasteiger charge is -2.16. The predicted octanol–water partition coefficient (Wildman–Crippen LogP) is 1.62. The molecule has 1 aliphatic rings. The highest BCUT2D eigenvalue weighted by atomic mass is 16.5. The zero-order chi connectivity index (χ0) is 16.4. The van der Waals surface area contributed by atoms with Crippen LogP contribution in [0, 0.1) is 6.92 Å². The summed E-state index contributed by atoms with van der Waals surface area (Å²) in [6.45, 7) is 5.51. The zero-order valence-electron chi connectivity index (χ0n) is 13.9. The Balaban J connectivity index is 1.54. The SMILES string of the molecule is CCc1noc(CCC(=O)N2CC[C@H](c3nc(C)cn3C)C2)n1. The van der Waals surface area contributed by atoms with E-state index in [-0.39, 0.29) is 5.91 Å². The first-order valence-corrected chi connectivity index (χ1v) is 8.16. The van der Waals surface area contributed by atoms with Crippen LogP contribution in [-0.4, -0.2) is 43.6 Å². The number of imidazole rings is 1. The summed E-state index contributed by atoms with van der Waals surface area (Å²) in [5, 5.41) is 3.85. The van der Waals surface area contributed by atoms with Crippen LogP contribution in [0.3, 0.4) is 0 Å². The van der Waals surface area contributed by atoms with Crippen molar-refractivity contribution in [3.05, 3.63) is 29.4 Å². The molecule has 3 rings (SSSR count). The van der Waals surface area contributed by atoms with Gasteiger partial charge < -0.3 is 14.0 Å². The summed E-state index contributed by atoms with van der Waals surface area (Å²) >= 11 is 0. The van der Waals surface area contributed by atoms with E-state index in [4.69, 9.17) is 4.52 Å².